The summed E-state index contributed by atoms with van der Waals surface area (Å²) in [5.74, 6) is -1.26. The van der Waals surface area contributed by atoms with Crippen LogP contribution in [0.15, 0.2) is 36.9 Å². The summed E-state index contributed by atoms with van der Waals surface area (Å²) in [5.41, 5.74) is 0.378. The Morgan fingerprint density at radius 3 is 2.28 bits per heavy atom. The maximum Gasteiger partial charge on any atom is 0.262 e. The van der Waals surface area contributed by atoms with Crippen molar-refractivity contribution in [3.8, 4) is 0 Å². The van der Waals surface area contributed by atoms with Gasteiger partial charge in [0.05, 0.1) is 17.7 Å². The van der Waals surface area contributed by atoms with Gasteiger partial charge in [0.2, 0.25) is 0 Å². The Bertz CT molecular complexity index is 684. The molecule has 0 radical (unpaired) electrons. The van der Waals surface area contributed by atoms with E-state index in [1.54, 1.807) is 12.1 Å². The summed E-state index contributed by atoms with van der Waals surface area (Å²) in [4.78, 5) is 37.1. The fourth-order valence-corrected chi connectivity index (χ4v) is 3.04. The SMILES string of the molecule is C=CCO[C@@H]1O[C@H](C=O)[C@@H](O)[C@H](O)[C@H]1N1C(=O)c2ccccc2C1=O. The Morgan fingerprint density at radius 1 is 1.16 bits per heavy atom. The second-order valence-corrected chi connectivity index (χ2v) is 5.72. The Hall–Kier alpha value is -2.39. The number of nitrogens with zero attached hydrogens (tertiary/aromatic N) is 1. The topological polar surface area (TPSA) is 113 Å². The number of imide groups is 1. The van der Waals surface area contributed by atoms with E-state index in [-0.39, 0.29) is 17.7 Å². The van der Waals surface area contributed by atoms with E-state index in [1.165, 1.54) is 18.2 Å². The van der Waals surface area contributed by atoms with E-state index >= 15 is 0 Å². The number of fused-ring (bicyclic) bond motifs is 1. The molecular weight excluding hydrogens is 330 g/mol. The molecule has 2 N–H and O–H groups in total. The zero-order chi connectivity index (χ0) is 18.1. The molecule has 1 fully saturated rings. The molecule has 0 aliphatic carbocycles. The average Bonchev–Trinajstić information content (AvgIpc) is 2.87. The van der Waals surface area contributed by atoms with Crippen LogP contribution < -0.4 is 0 Å². The fraction of sp³-hybridized carbons (Fsp3) is 0.353. The molecular formula is C17H17NO7. The lowest BCUT2D eigenvalue weighted by Crippen LogP contribution is -2.65. The molecule has 2 amide bonds. The fourth-order valence-electron chi connectivity index (χ4n) is 3.04. The molecule has 0 saturated carbocycles. The van der Waals surface area contributed by atoms with Crippen molar-refractivity contribution in [3.05, 3.63) is 48.0 Å². The molecule has 0 spiro atoms. The van der Waals surface area contributed by atoms with E-state index in [0.717, 1.165) is 4.90 Å². The van der Waals surface area contributed by atoms with Gasteiger partial charge in [0.15, 0.2) is 12.6 Å². The number of benzene rings is 1. The van der Waals surface area contributed by atoms with Crippen LogP contribution in [0.3, 0.4) is 0 Å². The molecule has 8 heteroatoms. The van der Waals surface area contributed by atoms with Crippen molar-refractivity contribution in [2.45, 2.75) is 30.6 Å². The van der Waals surface area contributed by atoms with E-state index in [0.29, 0.717) is 6.29 Å². The Kier molecular flexibility index (Phi) is 4.78. The average molecular weight is 347 g/mol. The molecule has 2 aliphatic rings. The van der Waals surface area contributed by atoms with Crippen molar-refractivity contribution in [3.63, 3.8) is 0 Å². The molecule has 0 aromatic heterocycles. The third-order valence-electron chi connectivity index (χ3n) is 4.24. The Balaban J connectivity index is 1.97. The van der Waals surface area contributed by atoms with Crippen molar-refractivity contribution in [2.75, 3.05) is 6.61 Å². The summed E-state index contributed by atoms with van der Waals surface area (Å²) in [6.07, 6.45) is -4.09. The van der Waals surface area contributed by atoms with E-state index in [2.05, 4.69) is 6.58 Å². The van der Waals surface area contributed by atoms with E-state index in [9.17, 15) is 24.6 Å². The molecule has 0 unspecified atom stereocenters. The molecule has 1 saturated heterocycles. The second-order valence-electron chi connectivity index (χ2n) is 5.72. The molecule has 3 rings (SSSR count). The quantitative estimate of drug-likeness (QED) is 0.419. The number of ether oxygens (including phenoxy) is 2. The lowest BCUT2D eigenvalue weighted by Gasteiger charge is -2.43. The second kappa shape index (κ2) is 6.85. The van der Waals surface area contributed by atoms with Gasteiger partial charge in [-0.25, -0.2) is 0 Å². The maximum absolute atomic E-state index is 12.6. The predicted octanol–water partition coefficient (Wildman–Crippen LogP) is -0.501. The predicted molar refractivity (Wildman–Crippen MR) is 83.6 cm³/mol. The van der Waals surface area contributed by atoms with Crippen molar-refractivity contribution in [1.29, 1.82) is 0 Å². The molecule has 8 nitrogen and oxygen atoms in total. The summed E-state index contributed by atoms with van der Waals surface area (Å²) in [7, 11) is 0. The standard InChI is InChI=1S/C17H17NO7/c1-2-7-24-17-12(14(21)13(20)11(8-19)25-17)18-15(22)9-5-3-4-6-10(9)16(18)23/h2-6,8,11-14,17,20-21H,1,7H2/t11-,12-,13-,14-,17-/m1/s1. The zero-order valence-electron chi connectivity index (χ0n) is 13.1. The smallest absolute Gasteiger partial charge is 0.262 e. The number of aliphatic hydroxyl groups is 2. The third kappa shape index (κ3) is 2.79. The molecule has 2 heterocycles. The van der Waals surface area contributed by atoms with E-state index in [4.69, 9.17) is 9.47 Å². The normalized spacial score (nSPS) is 31.8. The van der Waals surface area contributed by atoms with E-state index in [1.807, 2.05) is 0 Å². The summed E-state index contributed by atoms with van der Waals surface area (Å²) in [5, 5.41) is 20.5. The first kappa shape index (κ1) is 17.4. The molecule has 2 aliphatic heterocycles. The van der Waals surface area contributed by atoms with Crippen molar-refractivity contribution in [1.82, 2.24) is 4.90 Å². The van der Waals surface area contributed by atoms with Crippen molar-refractivity contribution in [2.24, 2.45) is 0 Å². The molecule has 1 aromatic rings. The first-order valence-electron chi connectivity index (χ1n) is 7.67. The zero-order valence-corrected chi connectivity index (χ0v) is 13.1. The van der Waals surface area contributed by atoms with Crippen LogP contribution >= 0.6 is 0 Å². The van der Waals surface area contributed by atoms with Crippen LogP contribution in [0.2, 0.25) is 0 Å². The number of hydrogen-bond acceptors (Lipinski definition) is 7. The molecule has 5 atom stereocenters. The van der Waals surface area contributed by atoms with Gasteiger partial charge in [-0.05, 0) is 12.1 Å². The largest absolute Gasteiger partial charge is 0.388 e. The van der Waals surface area contributed by atoms with Crippen LogP contribution in [0.4, 0.5) is 0 Å². The van der Waals surface area contributed by atoms with Crippen molar-refractivity contribution >= 4 is 18.1 Å². The van der Waals surface area contributed by atoms with Crippen LogP contribution in [0.1, 0.15) is 20.7 Å². The van der Waals surface area contributed by atoms with E-state index < -0.39 is 42.5 Å². The number of hydrogen-bond donors (Lipinski definition) is 2. The van der Waals surface area contributed by atoms with Gasteiger partial charge in [-0.1, -0.05) is 18.2 Å². The van der Waals surface area contributed by atoms with Crippen LogP contribution in [0, 0.1) is 0 Å². The van der Waals surface area contributed by atoms with Gasteiger partial charge in [0.1, 0.15) is 24.4 Å². The minimum absolute atomic E-state index is 0.00126. The van der Waals surface area contributed by atoms with Gasteiger partial charge in [-0.2, -0.15) is 0 Å². The van der Waals surface area contributed by atoms with Crippen molar-refractivity contribution < 1.29 is 34.1 Å². The highest BCUT2D eigenvalue weighted by Crippen LogP contribution is 2.32. The Morgan fingerprint density at radius 2 is 1.76 bits per heavy atom. The van der Waals surface area contributed by atoms with Gasteiger partial charge >= 0.3 is 0 Å². The minimum Gasteiger partial charge on any atom is -0.388 e. The van der Waals surface area contributed by atoms with Crippen LogP contribution in [-0.2, 0) is 14.3 Å². The minimum atomic E-state index is -1.61. The summed E-state index contributed by atoms with van der Waals surface area (Å²) < 4.78 is 10.7. The first-order valence-corrected chi connectivity index (χ1v) is 7.67. The highest BCUT2D eigenvalue weighted by atomic mass is 16.7. The van der Waals surface area contributed by atoms with Gasteiger partial charge < -0.3 is 24.5 Å². The summed E-state index contributed by atoms with van der Waals surface area (Å²) >= 11 is 0. The number of carbonyl (C=O) groups is 3. The third-order valence-corrected chi connectivity index (χ3v) is 4.24. The van der Waals surface area contributed by atoms with Crippen LogP contribution in [-0.4, -0.2) is 70.5 Å². The number of amides is 2. The first-order chi connectivity index (χ1) is 12.0. The van der Waals surface area contributed by atoms with Gasteiger partial charge in [-0.3, -0.25) is 14.5 Å². The maximum atomic E-state index is 12.6. The van der Waals surface area contributed by atoms with Gasteiger partial charge in [0, 0.05) is 0 Å². The Labute approximate surface area is 143 Å². The molecule has 132 valence electrons. The number of aliphatic hydroxyl groups excluding tert-OH is 2. The lowest BCUT2D eigenvalue weighted by molar-refractivity contribution is -0.262. The van der Waals surface area contributed by atoms with Gasteiger partial charge in [-0.15, -0.1) is 6.58 Å². The summed E-state index contributed by atoms with van der Waals surface area (Å²) in [6.45, 7) is 3.49. The number of aldehydes is 1. The number of carbonyl (C=O) groups excluding carboxylic acids is 3. The summed E-state index contributed by atoms with van der Waals surface area (Å²) in [6, 6.07) is 4.92. The number of rotatable bonds is 5. The van der Waals surface area contributed by atoms with Crippen LogP contribution in [0.5, 0.6) is 0 Å². The lowest BCUT2D eigenvalue weighted by atomic mass is 9.96. The molecule has 1 aromatic carbocycles. The van der Waals surface area contributed by atoms with Crippen LogP contribution in [0.25, 0.3) is 0 Å². The monoisotopic (exact) mass is 347 g/mol. The molecule has 0 bridgehead atoms. The highest BCUT2D eigenvalue weighted by molar-refractivity contribution is 6.21. The molecule has 25 heavy (non-hydrogen) atoms. The van der Waals surface area contributed by atoms with Gasteiger partial charge in [0.25, 0.3) is 11.8 Å². The highest BCUT2D eigenvalue weighted by Gasteiger charge is 2.53.